The first-order valence-electron chi connectivity index (χ1n) is 4.40. The number of hydrogen-bond donors (Lipinski definition) is 1. The highest BCUT2D eigenvalue weighted by Crippen LogP contribution is 2.21. The summed E-state index contributed by atoms with van der Waals surface area (Å²) in [5.74, 6) is 0. The van der Waals surface area contributed by atoms with Gasteiger partial charge in [0, 0.05) is 17.2 Å². The Kier molecular flexibility index (Phi) is 3.09. The van der Waals surface area contributed by atoms with Gasteiger partial charge in [0.05, 0.1) is 16.9 Å². The number of hydrogen-bond acceptors (Lipinski definition) is 2. The molecule has 15 heavy (non-hydrogen) atoms. The molecule has 0 radical (unpaired) electrons. The summed E-state index contributed by atoms with van der Waals surface area (Å²) in [6.45, 7) is 0.515. The van der Waals surface area contributed by atoms with Gasteiger partial charge in [0.25, 0.3) is 0 Å². The summed E-state index contributed by atoms with van der Waals surface area (Å²) in [5, 5.41) is 4.73. The lowest BCUT2D eigenvalue weighted by Gasteiger charge is -2.05. The van der Waals surface area contributed by atoms with Crippen molar-refractivity contribution in [2.75, 3.05) is 0 Å². The lowest BCUT2D eigenvalue weighted by Crippen LogP contribution is -1.99. The van der Waals surface area contributed by atoms with E-state index in [2.05, 4.69) is 21.0 Å². The highest BCUT2D eigenvalue weighted by molar-refractivity contribution is 9.10. The summed E-state index contributed by atoms with van der Waals surface area (Å²) >= 11 is 9.25. The van der Waals surface area contributed by atoms with Crippen molar-refractivity contribution < 1.29 is 0 Å². The summed E-state index contributed by atoms with van der Waals surface area (Å²) in [5.41, 5.74) is 7.59. The predicted octanol–water partition coefficient (Wildman–Crippen LogP) is 2.75. The molecule has 78 valence electrons. The van der Waals surface area contributed by atoms with Crippen LogP contribution < -0.4 is 5.73 Å². The first-order chi connectivity index (χ1) is 7.20. The van der Waals surface area contributed by atoms with E-state index in [4.69, 9.17) is 17.3 Å². The van der Waals surface area contributed by atoms with Crippen LogP contribution in [0.1, 0.15) is 5.56 Å². The second-order valence-electron chi connectivity index (χ2n) is 3.08. The van der Waals surface area contributed by atoms with Gasteiger partial charge in [-0.3, -0.25) is 0 Å². The maximum absolute atomic E-state index is 5.79. The normalized spacial score (nSPS) is 10.6. The third-order valence-corrected chi connectivity index (χ3v) is 3.01. The molecule has 2 rings (SSSR count). The van der Waals surface area contributed by atoms with Gasteiger partial charge in [-0.05, 0) is 17.7 Å². The second kappa shape index (κ2) is 4.35. The van der Waals surface area contributed by atoms with Gasteiger partial charge in [0.2, 0.25) is 0 Å². The van der Waals surface area contributed by atoms with Crippen LogP contribution in [0.25, 0.3) is 5.69 Å². The molecule has 5 heteroatoms. The average molecular weight is 287 g/mol. The third kappa shape index (κ3) is 2.22. The van der Waals surface area contributed by atoms with Gasteiger partial charge >= 0.3 is 0 Å². The van der Waals surface area contributed by atoms with E-state index in [1.807, 2.05) is 18.2 Å². The topological polar surface area (TPSA) is 43.8 Å². The molecule has 0 atom stereocenters. The Hall–Kier alpha value is -0.840. The number of nitrogens with two attached hydrogens (primary N) is 1. The van der Waals surface area contributed by atoms with Crippen LogP contribution in [0.5, 0.6) is 0 Å². The lowest BCUT2D eigenvalue weighted by molar-refractivity contribution is 0.877. The molecule has 0 amide bonds. The molecular formula is C10H9BrClN3. The van der Waals surface area contributed by atoms with Crippen molar-refractivity contribution in [3.8, 4) is 5.69 Å². The van der Waals surface area contributed by atoms with Crippen LogP contribution in [0, 0.1) is 0 Å². The van der Waals surface area contributed by atoms with Crippen molar-refractivity contribution in [2.24, 2.45) is 5.73 Å². The van der Waals surface area contributed by atoms with E-state index in [1.54, 1.807) is 17.1 Å². The number of halogens is 2. The Morgan fingerprint density at radius 1 is 1.47 bits per heavy atom. The van der Waals surface area contributed by atoms with Crippen molar-refractivity contribution >= 4 is 27.5 Å². The molecule has 1 heterocycles. The van der Waals surface area contributed by atoms with Crippen LogP contribution >= 0.6 is 27.5 Å². The Bertz CT molecular complexity index is 481. The molecule has 0 unspecified atom stereocenters. The Morgan fingerprint density at radius 2 is 2.27 bits per heavy atom. The first kappa shape index (κ1) is 10.7. The number of benzene rings is 1. The SMILES string of the molecule is NCc1ccc(-n2cc(Cl)cn2)cc1Br. The molecule has 0 aliphatic rings. The van der Waals surface area contributed by atoms with Crippen molar-refractivity contribution in [3.05, 3.63) is 45.7 Å². The van der Waals surface area contributed by atoms with Crippen LogP contribution in [0.3, 0.4) is 0 Å². The molecule has 2 aromatic rings. The maximum atomic E-state index is 5.79. The molecule has 0 fully saturated rings. The fraction of sp³-hybridized carbons (Fsp3) is 0.100. The van der Waals surface area contributed by atoms with E-state index in [9.17, 15) is 0 Å². The smallest absolute Gasteiger partial charge is 0.0790 e. The minimum Gasteiger partial charge on any atom is -0.326 e. The molecule has 1 aromatic heterocycles. The van der Waals surface area contributed by atoms with Gasteiger partial charge in [0.1, 0.15) is 0 Å². The summed E-state index contributed by atoms with van der Waals surface area (Å²) in [7, 11) is 0. The summed E-state index contributed by atoms with van der Waals surface area (Å²) < 4.78 is 2.70. The van der Waals surface area contributed by atoms with E-state index in [0.717, 1.165) is 15.7 Å². The van der Waals surface area contributed by atoms with Crippen molar-refractivity contribution in [1.82, 2.24) is 9.78 Å². The quantitative estimate of drug-likeness (QED) is 0.922. The molecule has 0 aliphatic heterocycles. The van der Waals surface area contributed by atoms with Gasteiger partial charge in [-0.25, -0.2) is 4.68 Å². The van der Waals surface area contributed by atoms with E-state index in [0.29, 0.717) is 11.6 Å². The molecule has 0 saturated carbocycles. The zero-order valence-corrected chi connectivity index (χ0v) is 10.2. The standard InChI is InChI=1S/C10H9BrClN3/c11-10-3-9(2-1-7(10)4-13)15-6-8(12)5-14-15/h1-3,5-6H,4,13H2. The average Bonchev–Trinajstić information content (AvgIpc) is 2.65. The highest BCUT2D eigenvalue weighted by Gasteiger charge is 2.02. The number of aromatic nitrogens is 2. The van der Waals surface area contributed by atoms with Crippen LogP contribution in [-0.2, 0) is 6.54 Å². The zero-order valence-electron chi connectivity index (χ0n) is 7.82. The van der Waals surface area contributed by atoms with Crippen LogP contribution in [0.4, 0.5) is 0 Å². The molecule has 0 spiro atoms. The van der Waals surface area contributed by atoms with Crippen LogP contribution in [0.2, 0.25) is 5.02 Å². The van der Waals surface area contributed by atoms with E-state index >= 15 is 0 Å². The van der Waals surface area contributed by atoms with E-state index in [1.165, 1.54) is 0 Å². The summed E-state index contributed by atoms with van der Waals surface area (Å²) in [4.78, 5) is 0. The van der Waals surface area contributed by atoms with Crippen molar-refractivity contribution in [1.29, 1.82) is 0 Å². The second-order valence-corrected chi connectivity index (χ2v) is 4.37. The Balaban J connectivity index is 2.42. The molecule has 0 saturated heterocycles. The minimum absolute atomic E-state index is 0.515. The first-order valence-corrected chi connectivity index (χ1v) is 5.57. The molecule has 3 nitrogen and oxygen atoms in total. The molecule has 0 bridgehead atoms. The fourth-order valence-corrected chi connectivity index (χ4v) is 1.95. The summed E-state index contributed by atoms with van der Waals surface area (Å²) in [6, 6.07) is 5.89. The van der Waals surface area contributed by atoms with Crippen LogP contribution in [-0.4, -0.2) is 9.78 Å². The molecule has 0 aliphatic carbocycles. The van der Waals surface area contributed by atoms with Gasteiger partial charge in [-0.1, -0.05) is 33.6 Å². The van der Waals surface area contributed by atoms with Gasteiger partial charge in [-0.2, -0.15) is 5.10 Å². The molecule has 2 N–H and O–H groups in total. The lowest BCUT2D eigenvalue weighted by atomic mass is 10.2. The van der Waals surface area contributed by atoms with Crippen LogP contribution in [0.15, 0.2) is 35.1 Å². The third-order valence-electron chi connectivity index (χ3n) is 2.07. The van der Waals surface area contributed by atoms with Crippen molar-refractivity contribution in [2.45, 2.75) is 6.54 Å². The minimum atomic E-state index is 0.515. The number of nitrogens with zero attached hydrogens (tertiary/aromatic N) is 2. The Morgan fingerprint density at radius 3 is 2.80 bits per heavy atom. The van der Waals surface area contributed by atoms with Gasteiger partial charge < -0.3 is 5.73 Å². The maximum Gasteiger partial charge on any atom is 0.0790 e. The monoisotopic (exact) mass is 285 g/mol. The summed E-state index contributed by atoms with van der Waals surface area (Å²) in [6.07, 6.45) is 3.36. The van der Waals surface area contributed by atoms with Gasteiger partial charge in [-0.15, -0.1) is 0 Å². The largest absolute Gasteiger partial charge is 0.326 e. The zero-order chi connectivity index (χ0) is 10.8. The van der Waals surface area contributed by atoms with Crippen molar-refractivity contribution in [3.63, 3.8) is 0 Å². The van der Waals surface area contributed by atoms with E-state index < -0.39 is 0 Å². The van der Waals surface area contributed by atoms with Gasteiger partial charge in [0.15, 0.2) is 0 Å². The molecule has 1 aromatic carbocycles. The molecular weight excluding hydrogens is 277 g/mol. The van der Waals surface area contributed by atoms with E-state index in [-0.39, 0.29) is 0 Å². The fourth-order valence-electron chi connectivity index (χ4n) is 1.29. The predicted molar refractivity (Wildman–Crippen MR) is 64.2 cm³/mol. The highest BCUT2D eigenvalue weighted by atomic mass is 79.9. The Labute approximate surface area is 101 Å². The number of rotatable bonds is 2.